The smallest absolute Gasteiger partial charge is 0.249 e. The van der Waals surface area contributed by atoms with Crippen LogP contribution in [-0.4, -0.2) is 27.8 Å². The van der Waals surface area contributed by atoms with Gasteiger partial charge in [0.1, 0.15) is 5.75 Å². The summed E-state index contributed by atoms with van der Waals surface area (Å²) in [5.74, 6) is 1.98. The van der Waals surface area contributed by atoms with E-state index in [0.29, 0.717) is 11.8 Å². The van der Waals surface area contributed by atoms with Gasteiger partial charge in [-0.2, -0.15) is 10.1 Å². The van der Waals surface area contributed by atoms with E-state index in [-0.39, 0.29) is 6.10 Å². The normalized spacial score (nSPS) is 10.6. The van der Waals surface area contributed by atoms with Crippen molar-refractivity contribution in [1.82, 2.24) is 15.2 Å². The van der Waals surface area contributed by atoms with Gasteiger partial charge in [0.2, 0.25) is 5.95 Å². The van der Waals surface area contributed by atoms with Crippen molar-refractivity contribution in [1.29, 1.82) is 0 Å². The van der Waals surface area contributed by atoms with Crippen LogP contribution >= 0.6 is 0 Å². The Morgan fingerprint density at radius 3 is 2.50 bits per heavy atom. The molecule has 0 aliphatic heterocycles. The molecule has 0 aliphatic rings. The van der Waals surface area contributed by atoms with Gasteiger partial charge in [-0.1, -0.05) is 30.3 Å². The van der Waals surface area contributed by atoms with E-state index in [0.717, 1.165) is 24.4 Å². The van der Waals surface area contributed by atoms with Gasteiger partial charge in [0.15, 0.2) is 5.82 Å². The number of ether oxygens (including phenoxy) is 1. The lowest BCUT2D eigenvalue weighted by Crippen LogP contribution is -2.09. The van der Waals surface area contributed by atoms with Crippen molar-refractivity contribution in [3.05, 3.63) is 66.4 Å². The van der Waals surface area contributed by atoms with Gasteiger partial charge in [0.25, 0.3) is 0 Å². The van der Waals surface area contributed by atoms with E-state index in [1.165, 1.54) is 5.56 Å². The Balaban J connectivity index is 1.55. The third kappa shape index (κ3) is 5.44. The summed E-state index contributed by atoms with van der Waals surface area (Å²) in [7, 11) is 0. The highest BCUT2D eigenvalue weighted by molar-refractivity contribution is 5.55. The maximum Gasteiger partial charge on any atom is 0.249 e. The van der Waals surface area contributed by atoms with Crippen LogP contribution in [0.1, 0.15) is 19.4 Å². The van der Waals surface area contributed by atoms with Gasteiger partial charge in [0.05, 0.1) is 12.3 Å². The van der Waals surface area contributed by atoms with E-state index >= 15 is 0 Å². The van der Waals surface area contributed by atoms with E-state index in [2.05, 4.69) is 37.9 Å². The van der Waals surface area contributed by atoms with Crippen LogP contribution < -0.4 is 15.4 Å². The first-order valence-electron chi connectivity index (χ1n) is 8.70. The van der Waals surface area contributed by atoms with E-state index in [1.807, 2.05) is 56.3 Å². The molecule has 0 fully saturated rings. The third-order valence-corrected chi connectivity index (χ3v) is 3.60. The van der Waals surface area contributed by atoms with E-state index in [9.17, 15) is 0 Å². The highest BCUT2D eigenvalue weighted by Gasteiger charge is 2.03. The molecule has 0 unspecified atom stereocenters. The lowest BCUT2D eigenvalue weighted by Gasteiger charge is -2.11. The van der Waals surface area contributed by atoms with E-state index < -0.39 is 0 Å². The molecule has 0 radical (unpaired) electrons. The summed E-state index contributed by atoms with van der Waals surface area (Å²) in [6.45, 7) is 4.79. The summed E-state index contributed by atoms with van der Waals surface area (Å²) < 4.78 is 5.64. The van der Waals surface area contributed by atoms with Gasteiger partial charge in [-0.15, -0.1) is 5.10 Å². The molecule has 0 spiro atoms. The quantitative estimate of drug-likeness (QED) is 0.639. The lowest BCUT2D eigenvalue weighted by atomic mass is 10.1. The summed E-state index contributed by atoms with van der Waals surface area (Å²) >= 11 is 0. The number of aromatic nitrogens is 3. The number of rotatable bonds is 8. The Morgan fingerprint density at radius 1 is 1.00 bits per heavy atom. The predicted molar refractivity (Wildman–Crippen MR) is 104 cm³/mol. The molecule has 6 nitrogen and oxygen atoms in total. The molecule has 134 valence electrons. The molecule has 0 atom stereocenters. The van der Waals surface area contributed by atoms with Crippen LogP contribution in [0.3, 0.4) is 0 Å². The number of hydrogen-bond donors (Lipinski definition) is 2. The molecule has 1 heterocycles. The van der Waals surface area contributed by atoms with E-state index in [1.54, 1.807) is 6.20 Å². The van der Waals surface area contributed by atoms with Crippen LogP contribution in [-0.2, 0) is 6.42 Å². The highest BCUT2D eigenvalue weighted by atomic mass is 16.5. The molecule has 0 amide bonds. The molecule has 0 bridgehead atoms. The lowest BCUT2D eigenvalue weighted by molar-refractivity contribution is 0.242. The fourth-order valence-electron chi connectivity index (χ4n) is 2.44. The molecule has 6 heteroatoms. The number of nitrogens with zero attached hydrogens (tertiary/aromatic N) is 3. The van der Waals surface area contributed by atoms with Gasteiger partial charge in [-0.3, -0.25) is 0 Å². The Morgan fingerprint density at radius 2 is 1.77 bits per heavy atom. The number of hydrogen-bond acceptors (Lipinski definition) is 6. The first-order valence-corrected chi connectivity index (χ1v) is 8.70. The Kier molecular flexibility index (Phi) is 5.98. The van der Waals surface area contributed by atoms with Crippen molar-refractivity contribution in [2.24, 2.45) is 0 Å². The zero-order chi connectivity index (χ0) is 18.2. The maximum atomic E-state index is 5.64. The summed E-state index contributed by atoms with van der Waals surface area (Å²) in [5.41, 5.74) is 2.16. The largest absolute Gasteiger partial charge is 0.491 e. The van der Waals surface area contributed by atoms with Gasteiger partial charge in [-0.05, 0) is 50.1 Å². The average molecular weight is 349 g/mol. The monoisotopic (exact) mass is 349 g/mol. The van der Waals surface area contributed by atoms with Crippen LogP contribution in [0.4, 0.5) is 17.5 Å². The Labute approximate surface area is 153 Å². The molecule has 2 aromatic carbocycles. The summed E-state index contributed by atoms with van der Waals surface area (Å²) in [5, 5.41) is 14.5. The van der Waals surface area contributed by atoms with Crippen molar-refractivity contribution < 1.29 is 4.74 Å². The summed E-state index contributed by atoms with van der Waals surface area (Å²) in [6, 6.07) is 18.0. The van der Waals surface area contributed by atoms with Crippen LogP contribution in [0.2, 0.25) is 0 Å². The number of benzene rings is 2. The third-order valence-electron chi connectivity index (χ3n) is 3.60. The van der Waals surface area contributed by atoms with Gasteiger partial charge in [-0.25, -0.2) is 0 Å². The Bertz CT molecular complexity index is 806. The zero-order valence-corrected chi connectivity index (χ0v) is 15.0. The molecule has 0 saturated carbocycles. The number of anilines is 3. The molecule has 1 aromatic heterocycles. The topological polar surface area (TPSA) is 72.0 Å². The second kappa shape index (κ2) is 8.80. The second-order valence-electron chi connectivity index (χ2n) is 6.14. The molecule has 26 heavy (non-hydrogen) atoms. The van der Waals surface area contributed by atoms with E-state index in [4.69, 9.17) is 4.74 Å². The van der Waals surface area contributed by atoms with Gasteiger partial charge < -0.3 is 15.4 Å². The molecule has 2 N–H and O–H groups in total. The first-order chi connectivity index (χ1) is 12.7. The molecular formula is C20H23N5O. The average Bonchev–Trinajstić information content (AvgIpc) is 2.64. The minimum Gasteiger partial charge on any atom is -0.491 e. The SMILES string of the molecule is CC(C)Oc1ccc(Nc2nncc(NCCc3ccccc3)n2)cc1. The van der Waals surface area contributed by atoms with Gasteiger partial charge >= 0.3 is 0 Å². The first kappa shape index (κ1) is 17.7. The maximum absolute atomic E-state index is 5.64. The standard InChI is InChI=1S/C20H23N5O/c1-15(2)26-18-10-8-17(9-11-18)23-20-24-19(14-22-25-20)21-13-12-16-6-4-3-5-7-16/h3-11,14-15H,12-13H2,1-2H3,(H2,21,23,24,25). The van der Waals surface area contributed by atoms with Crippen LogP contribution in [0.15, 0.2) is 60.8 Å². The van der Waals surface area contributed by atoms with Crippen LogP contribution in [0, 0.1) is 0 Å². The minimum absolute atomic E-state index is 0.153. The van der Waals surface area contributed by atoms with Crippen molar-refractivity contribution in [3.8, 4) is 5.75 Å². The number of nitrogens with one attached hydrogen (secondary N) is 2. The summed E-state index contributed by atoms with van der Waals surface area (Å²) in [6.07, 6.45) is 2.70. The predicted octanol–water partition coefficient (Wildman–Crippen LogP) is 4.06. The molecular weight excluding hydrogens is 326 g/mol. The molecule has 0 saturated heterocycles. The van der Waals surface area contributed by atoms with Crippen LogP contribution in [0.25, 0.3) is 0 Å². The fraction of sp³-hybridized carbons (Fsp3) is 0.250. The van der Waals surface area contributed by atoms with Crippen molar-refractivity contribution >= 4 is 17.5 Å². The second-order valence-corrected chi connectivity index (χ2v) is 6.14. The zero-order valence-electron chi connectivity index (χ0n) is 15.0. The highest BCUT2D eigenvalue weighted by Crippen LogP contribution is 2.19. The van der Waals surface area contributed by atoms with Crippen molar-refractivity contribution in [2.45, 2.75) is 26.4 Å². The van der Waals surface area contributed by atoms with Gasteiger partial charge in [0, 0.05) is 12.2 Å². The molecule has 3 aromatic rings. The minimum atomic E-state index is 0.153. The van der Waals surface area contributed by atoms with Crippen molar-refractivity contribution in [2.75, 3.05) is 17.2 Å². The Hall–Kier alpha value is -3.15. The molecule has 3 rings (SSSR count). The van der Waals surface area contributed by atoms with Crippen LogP contribution in [0.5, 0.6) is 5.75 Å². The fourth-order valence-corrected chi connectivity index (χ4v) is 2.44. The summed E-state index contributed by atoms with van der Waals surface area (Å²) in [4.78, 5) is 4.44. The molecule has 0 aliphatic carbocycles. The van der Waals surface area contributed by atoms with Crippen molar-refractivity contribution in [3.63, 3.8) is 0 Å².